The van der Waals surface area contributed by atoms with Crippen molar-refractivity contribution >= 4 is 15.9 Å². The first-order valence-electron chi connectivity index (χ1n) is 6.49. The molecule has 0 radical (unpaired) electrons. The van der Waals surface area contributed by atoms with Gasteiger partial charge in [-0.3, -0.25) is 4.90 Å². The quantitative estimate of drug-likeness (QED) is 0.870. The van der Waals surface area contributed by atoms with E-state index >= 15 is 0 Å². The molecular formula is C14H19BrFNO. The molecule has 1 aliphatic rings. The number of benzene rings is 1. The van der Waals surface area contributed by atoms with E-state index in [0.717, 1.165) is 29.5 Å². The summed E-state index contributed by atoms with van der Waals surface area (Å²) in [5.74, 6) is -0.191. The summed E-state index contributed by atoms with van der Waals surface area (Å²) in [6.07, 6.45) is 4.50. The Morgan fingerprint density at radius 2 is 2.17 bits per heavy atom. The first-order chi connectivity index (χ1) is 8.70. The Hall–Kier alpha value is -0.450. The van der Waals surface area contributed by atoms with Crippen molar-refractivity contribution in [3.8, 4) is 0 Å². The molecule has 100 valence electrons. The molecule has 0 bridgehead atoms. The van der Waals surface area contributed by atoms with Gasteiger partial charge in [-0.25, -0.2) is 4.39 Å². The van der Waals surface area contributed by atoms with Crippen LogP contribution in [0.15, 0.2) is 22.7 Å². The minimum atomic E-state index is -0.191. The molecule has 0 aliphatic heterocycles. The van der Waals surface area contributed by atoms with Crippen LogP contribution in [0.1, 0.15) is 31.2 Å². The highest BCUT2D eigenvalue weighted by atomic mass is 79.9. The summed E-state index contributed by atoms with van der Waals surface area (Å²) in [7, 11) is 0. The largest absolute Gasteiger partial charge is 0.396 e. The molecular weight excluding hydrogens is 297 g/mol. The van der Waals surface area contributed by atoms with Gasteiger partial charge < -0.3 is 5.11 Å². The van der Waals surface area contributed by atoms with Crippen LogP contribution in [0.5, 0.6) is 0 Å². The van der Waals surface area contributed by atoms with Gasteiger partial charge in [0.1, 0.15) is 5.82 Å². The fraction of sp³-hybridized carbons (Fsp3) is 0.571. The molecule has 4 heteroatoms. The lowest BCUT2D eigenvalue weighted by atomic mass is 9.91. The molecule has 1 aromatic carbocycles. The van der Waals surface area contributed by atoms with E-state index in [9.17, 15) is 4.39 Å². The Bertz CT molecular complexity index is 395. The van der Waals surface area contributed by atoms with Crippen molar-refractivity contribution in [1.82, 2.24) is 4.90 Å². The second-order valence-corrected chi connectivity index (χ2v) is 5.72. The molecule has 2 rings (SSSR count). The number of rotatable bonds is 6. The second kappa shape index (κ2) is 6.64. The predicted molar refractivity (Wildman–Crippen MR) is 73.9 cm³/mol. The third kappa shape index (κ3) is 3.53. The summed E-state index contributed by atoms with van der Waals surface area (Å²) in [4.78, 5) is 2.36. The maximum Gasteiger partial charge on any atom is 0.123 e. The van der Waals surface area contributed by atoms with Gasteiger partial charge in [0, 0.05) is 30.2 Å². The maximum absolute atomic E-state index is 13.3. The highest BCUT2D eigenvalue weighted by molar-refractivity contribution is 9.10. The fourth-order valence-corrected chi connectivity index (χ4v) is 2.67. The normalized spacial score (nSPS) is 16.0. The number of aliphatic hydroxyl groups excluding tert-OH is 1. The molecule has 1 saturated carbocycles. The lowest BCUT2D eigenvalue weighted by molar-refractivity contribution is 0.109. The van der Waals surface area contributed by atoms with E-state index in [1.165, 1.54) is 25.3 Å². The monoisotopic (exact) mass is 315 g/mol. The average Bonchev–Trinajstić information content (AvgIpc) is 2.28. The lowest BCUT2D eigenvalue weighted by Gasteiger charge is -2.37. The number of aliphatic hydroxyl groups is 1. The van der Waals surface area contributed by atoms with Crippen LogP contribution in [0, 0.1) is 5.82 Å². The highest BCUT2D eigenvalue weighted by Gasteiger charge is 2.25. The van der Waals surface area contributed by atoms with Crippen molar-refractivity contribution in [2.75, 3.05) is 13.2 Å². The van der Waals surface area contributed by atoms with Crippen LogP contribution in [-0.4, -0.2) is 29.2 Å². The number of hydrogen-bond donors (Lipinski definition) is 1. The minimum absolute atomic E-state index is 0.191. The molecule has 0 spiro atoms. The molecule has 0 unspecified atom stereocenters. The van der Waals surface area contributed by atoms with E-state index in [1.54, 1.807) is 12.1 Å². The lowest BCUT2D eigenvalue weighted by Crippen LogP contribution is -2.40. The molecule has 0 atom stereocenters. The van der Waals surface area contributed by atoms with Crippen molar-refractivity contribution in [2.45, 2.75) is 38.3 Å². The number of hydrogen-bond acceptors (Lipinski definition) is 2. The number of halogens is 2. The van der Waals surface area contributed by atoms with Crippen LogP contribution in [0.25, 0.3) is 0 Å². The predicted octanol–water partition coefficient (Wildman–Crippen LogP) is 3.33. The summed E-state index contributed by atoms with van der Waals surface area (Å²) in [6, 6.07) is 5.42. The van der Waals surface area contributed by atoms with E-state index in [-0.39, 0.29) is 12.4 Å². The summed E-state index contributed by atoms with van der Waals surface area (Å²) in [6.45, 7) is 1.85. The van der Waals surface area contributed by atoms with Crippen molar-refractivity contribution in [1.29, 1.82) is 0 Å². The third-order valence-electron chi connectivity index (χ3n) is 3.58. The third-order valence-corrected chi connectivity index (χ3v) is 4.35. The molecule has 0 amide bonds. The zero-order chi connectivity index (χ0) is 13.0. The fourth-order valence-electron chi connectivity index (χ4n) is 2.30. The average molecular weight is 316 g/mol. The standard InChI is InChI=1S/C14H19BrFNO/c15-14-6-5-12(16)9-11(14)10-17(7-2-8-18)13-3-1-4-13/h5-6,9,13,18H,1-4,7-8,10H2. The van der Waals surface area contributed by atoms with E-state index in [1.807, 2.05) is 0 Å². The van der Waals surface area contributed by atoms with E-state index in [4.69, 9.17) is 5.11 Å². The van der Waals surface area contributed by atoms with Gasteiger partial charge in [0.15, 0.2) is 0 Å². The molecule has 0 aromatic heterocycles. The molecule has 1 fully saturated rings. The summed E-state index contributed by atoms with van der Waals surface area (Å²) >= 11 is 3.47. The van der Waals surface area contributed by atoms with Gasteiger partial charge in [-0.05, 0) is 43.0 Å². The SMILES string of the molecule is OCCCN(Cc1cc(F)ccc1Br)C1CCC1. The van der Waals surface area contributed by atoms with Crippen LogP contribution in [0.2, 0.25) is 0 Å². The molecule has 0 saturated heterocycles. The van der Waals surface area contributed by atoms with E-state index in [0.29, 0.717) is 6.04 Å². The second-order valence-electron chi connectivity index (χ2n) is 4.87. The summed E-state index contributed by atoms with van der Waals surface area (Å²) in [5, 5.41) is 8.96. The van der Waals surface area contributed by atoms with Gasteiger partial charge in [0.05, 0.1) is 0 Å². The first kappa shape index (κ1) is 14.0. The molecule has 2 nitrogen and oxygen atoms in total. The van der Waals surface area contributed by atoms with Crippen LogP contribution in [-0.2, 0) is 6.54 Å². The van der Waals surface area contributed by atoms with Crippen molar-refractivity contribution in [3.05, 3.63) is 34.1 Å². The zero-order valence-electron chi connectivity index (χ0n) is 10.4. The van der Waals surface area contributed by atoms with Gasteiger partial charge >= 0.3 is 0 Å². The van der Waals surface area contributed by atoms with Crippen LogP contribution >= 0.6 is 15.9 Å². The van der Waals surface area contributed by atoms with E-state index in [2.05, 4.69) is 20.8 Å². The molecule has 0 heterocycles. The van der Waals surface area contributed by atoms with Crippen LogP contribution in [0.3, 0.4) is 0 Å². The summed E-state index contributed by atoms with van der Waals surface area (Å²) < 4.78 is 14.2. The number of nitrogens with zero attached hydrogens (tertiary/aromatic N) is 1. The minimum Gasteiger partial charge on any atom is -0.396 e. The zero-order valence-corrected chi connectivity index (χ0v) is 12.0. The van der Waals surface area contributed by atoms with Gasteiger partial charge in [-0.15, -0.1) is 0 Å². The molecule has 1 aliphatic carbocycles. The summed E-state index contributed by atoms with van der Waals surface area (Å²) in [5.41, 5.74) is 0.986. The Morgan fingerprint density at radius 1 is 1.39 bits per heavy atom. The molecule has 1 N–H and O–H groups in total. The molecule has 18 heavy (non-hydrogen) atoms. The van der Waals surface area contributed by atoms with Crippen LogP contribution in [0.4, 0.5) is 4.39 Å². The smallest absolute Gasteiger partial charge is 0.123 e. The topological polar surface area (TPSA) is 23.5 Å². The Labute approximate surface area is 116 Å². The maximum atomic E-state index is 13.3. The first-order valence-corrected chi connectivity index (χ1v) is 7.29. The van der Waals surface area contributed by atoms with Crippen molar-refractivity contribution in [2.24, 2.45) is 0 Å². The van der Waals surface area contributed by atoms with Crippen molar-refractivity contribution in [3.63, 3.8) is 0 Å². The van der Waals surface area contributed by atoms with E-state index < -0.39 is 0 Å². The Morgan fingerprint density at radius 3 is 2.78 bits per heavy atom. The molecule has 1 aromatic rings. The van der Waals surface area contributed by atoms with Crippen LogP contribution < -0.4 is 0 Å². The van der Waals surface area contributed by atoms with Gasteiger partial charge in [-0.2, -0.15) is 0 Å². The van der Waals surface area contributed by atoms with Gasteiger partial charge in [-0.1, -0.05) is 22.4 Å². The van der Waals surface area contributed by atoms with Crippen molar-refractivity contribution < 1.29 is 9.50 Å². The Balaban J connectivity index is 2.04. The highest BCUT2D eigenvalue weighted by Crippen LogP contribution is 2.28. The Kier molecular flexibility index (Phi) is 5.15. The van der Waals surface area contributed by atoms with Gasteiger partial charge in [0.25, 0.3) is 0 Å². The van der Waals surface area contributed by atoms with Gasteiger partial charge in [0.2, 0.25) is 0 Å².